The number of piperazine rings is 1. The van der Waals surface area contributed by atoms with E-state index in [0.717, 1.165) is 0 Å². The number of hydrogen-bond donors (Lipinski definition) is 1. The lowest BCUT2D eigenvalue weighted by atomic mass is 10.3. The molecule has 27 heavy (non-hydrogen) atoms. The van der Waals surface area contributed by atoms with Crippen LogP contribution in [0.5, 0.6) is 5.75 Å². The van der Waals surface area contributed by atoms with E-state index in [-0.39, 0.29) is 0 Å². The summed E-state index contributed by atoms with van der Waals surface area (Å²) in [4.78, 5) is 2.25. The smallest absolute Gasteiger partial charge is 0.243 e. The van der Waals surface area contributed by atoms with Crippen LogP contribution in [0.15, 0.2) is 53.4 Å². The summed E-state index contributed by atoms with van der Waals surface area (Å²) in [6.45, 7) is 1.74. The topological polar surface area (TPSA) is 61.9 Å². The van der Waals surface area contributed by atoms with Crippen LogP contribution in [0.3, 0.4) is 0 Å². The van der Waals surface area contributed by atoms with Gasteiger partial charge in [-0.1, -0.05) is 29.8 Å². The lowest BCUT2D eigenvalue weighted by Gasteiger charge is -2.35. The van der Waals surface area contributed by atoms with Crippen molar-refractivity contribution in [3.8, 4) is 5.75 Å². The van der Waals surface area contributed by atoms with Crippen molar-refractivity contribution in [3.05, 3.63) is 53.6 Å². The molecule has 0 saturated carbocycles. The van der Waals surface area contributed by atoms with Crippen LogP contribution in [0, 0.1) is 0 Å². The standard InChI is InChI=1S/C18H20ClN3O3S2/c1-25-17-8-7-14(19)13-16(17)20-18(26)21-9-11-22(12-10-21)27(23,24)15-5-3-2-4-6-15/h2-8,13H,9-12H2,1H3,(H,20,26). The van der Waals surface area contributed by atoms with Crippen molar-refractivity contribution in [2.24, 2.45) is 0 Å². The molecule has 0 amide bonds. The maximum atomic E-state index is 12.7. The van der Waals surface area contributed by atoms with E-state index in [1.54, 1.807) is 55.6 Å². The summed E-state index contributed by atoms with van der Waals surface area (Å²) < 4.78 is 32.2. The predicted molar refractivity (Wildman–Crippen MR) is 111 cm³/mol. The molecular formula is C18H20ClN3O3S2. The molecule has 6 nitrogen and oxygen atoms in total. The molecule has 0 radical (unpaired) electrons. The molecule has 3 rings (SSSR count). The highest BCUT2D eigenvalue weighted by molar-refractivity contribution is 7.89. The summed E-state index contributed by atoms with van der Waals surface area (Å²) in [6.07, 6.45) is 0. The van der Waals surface area contributed by atoms with E-state index >= 15 is 0 Å². The average Bonchev–Trinajstić information content (AvgIpc) is 2.69. The third-order valence-electron chi connectivity index (χ3n) is 4.31. The first-order valence-electron chi connectivity index (χ1n) is 8.36. The van der Waals surface area contributed by atoms with Gasteiger partial charge in [-0.2, -0.15) is 4.31 Å². The molecule has 9 heteroatoms. The van der Waals surface area contributed by atoms with E-state index in [1.807, 2.05) is 4.90 Å². The van der Waals surface area contributed by atoms with Gasteiger partial charge in [0.15, 0.2) is 5.11 Å². The summed E-state index contributed by atoms with van der Waals surface area (Å²) in [5.74, 6) is 0.632. The van der Waals surface area contributed by atoms with Crippen molar-refractivity contribution >= 4 is 44.6 Å². The maximum absolute atomic E-state index is 12.7. The predicted octanol–water partition coefficient (Wildman–Crippen LogP) is 3.05. The number of halogens is 1. The van der Waals surface area contributed by atoms with Crippen molar-refractivity contribution in [2.45, 2.75) is 4.90 Å². The number of ether oxygens (including phenoxy) is 1. The van der Waals surface area contributed by atoms with E-state index in [2.05, 4.69) is 5.32 Å². The first kappa shape index (κ1) is 19.9. The molecule has 1 heterocycles. The fraction of sp³-hybridized carbons (Fsp3) is 0.278. The van der Waals surface area contributed by atoms with Gasteiger partial charge in [-0.05, 0) is 42.5 Å². The molecule has 144 valence electrons. The number of rotatable bonds is 4. The number of methoxy groups -OCH3 is 1. The molecule has 2 aromatic rings. The minimum Gasteiger partial charge on any atom is -0.495 e. The lowest BCUT2D eigenvalue weighted by molar-refractivity contribution is 0.268. The van der Waals surface area contributed by atoms with Gasteiger partial charge in [0, 0.05) is 31.2 Å². The van der Waals surface area contributed by atoms with E-state index < -0.39 is 10.0 Å². The molecule has 0 aliphatic carbocycles. The number of nitrogens with zero attached hydrogens (tertiary/aromatic N) is 2. The number of sulfonamides is 1. The third-order valence-corrected chi connectivity index (χ3v) is 6.82. The van der Waals surface area contributed by atoms with Crippen molar-refractivity contribution in [2.75, 3.05) is 38.6 Å². The number of hydrogen-bond acceptors (Lipinski definition) is 4. The molecule has 1 saturated heterocycles. The highest BCUT2D eigenvalue weighted by Gasteiger charge is 2.29. The van der Waals surface area contributed by atoms with Gasteiger partial charge < -0.3 is 15.0 Å². The van der Waals surface area contributed by atoms with E-state index in [1.165, 1.54) is 4.31 Å². The largest absolute Gasteiger partial charge is 0.495 e. The van der Waals surface area contributed by atoms with Gasteiger partial charge in [0.05, 0.1) is 17.7 Å². The average molecular weight is 426 g/mol. The first-order chi connectivity index (χ1) is 12.9. The molecule has 2 aromatic carbocycles. The number of benzene rings is 2. The Labute approximate surface area is 169 Å². The normalized spacial score (nSPS) is 15.4. The van der Waals surface area contributed by atoms with Crippen LogP contribution in [0.1, 0.15) is 0 Å². The summed E-state index contributed by atoms with van der Waals surface area (Å²) in [6, 6.07) is 13.7. The van der Waals surface area contributed by atoms with E-state index in [9.17, 15) is 8.42 Å². The number of nitrogens with one attached hydrogen (secondary N) is 1. The molecule has 1 N–H and O–H groups in total. The number of anilines is 1. The Bertz CT molecular complexity index is 915. The Morgan fingerprint density at radius 3 is 2.41 bits per heavy atom. The molecular weight excluding hydrogens is 406 g/mol. The van der Waals surface area contributed by atoms with Gasteiger partial charge >= 0.3 is 0 Å². The van der Waals surface area contributed by atoms with E-state index in [0.29, 0.717) is 52.6 Å². The molecule has 0 spiro atoms. The van der Waals surface area contributed by atoms with Crippen LogP contribution < -0.4 is 10.1 Å². The summed E-state index contributed by atoms with van der Waals surface area (Å²) in [7, 11) is -1.91. The second-order valence-corrected chi connectivity index (χ2v) is 8.74. The summed E-state index contributed by atoms with van der Waals surface area (Å²) in [5.41, 5.74) is 0.675. The van der Waals surface area contributed by atoms with Crippen LogP contribution in [-0.2, 0) is 10.0 Å². The van der Waals surface area contributed by atoms with Gasteiger partial charge in [0.1, 0.15) is 5.75 Å². The maximum Gasteiger partial charge on any atom is 0.243 e. The van der Waals surface area contributed by atoms with Crippen LogP contribution in [0.4, 0.5) is 5.69 Å². The zero-order chi connectivity index (χ0) is 19.4. The van der Waals surface area contributed by atoms with Crippen LogP contribution >= 0.6 is 23.8 Å². The highest BCUT2D eigenvalue weighted by atomic mass is 35.5. The Hall–Kier alpha value is -1.87. The second kappa shape index (κ2) is 8.43. The van der Waals surface area contributed by atoms with Crippen LogP contribution in [-0.4, -0.2) is 56.0 Å². The molecule has 1 aliphatic rings. The van der Waals surface area contributed by atoms with Crippen molar-refractivity contribution < 1.29 is 13.2 Å². The van der Waals surface area contributed by atoms with Crippen LogP contribution in [0.2, 0.25) is 5.02 Å². The van der Waals surface area contributed by atoms with Crippen LogP contribution in [0.25, 0.3) is 0 Å². The molecule has 0 aromatic heterocycles. The van der Waals surface area contributed by atoms with Gasteiger partial charge in [0.2, 0.25) is 10.0 Å². The van der Waals surface area contributed by atoms with Crippen molar-refractivity contribution in [1.29, 1.82) is 0 Å². The Kier molecular flexibility index (Phi) is 6.21. The first-order valence-corrected chi connectivity index (χ1v) is 10.6. The minimum absolute atomic E-state index is 0.308. The summed E-state index contributed by atoms with van der Waals surface area (Å²) in [5, 5.41) is 4.21. The molecule has 0 unspecified atom stereocenters. The lowest BCUT2D eigenvalue weighted by Crippen LogP contribution is -2.51. The van der Waals surface area contributed by atoms with Gasteiger partial charge in [-0.3, -0.25) is 0 Å². The summed E-state index contributed by atoms with van der Waals surface area (Å²) >= 11 is 11.5. The minimum atomic E-state index is -3.48. The Balaban J connectivity index is 1.64. The Morgan fingerprint density at radius 2 is 1.78 bits per heavy atom. The fourth-order valence-corrected chi connectivity index (χ4v) is 4.75. The number of thiocarbonyl (C=S) groups is 1. The Morgan fingerprint density at radius 1 is 1.11 bits per heavy atom. The van der Waals surface area contributed by atoms with Gasteiger partial charge in [0.25, 0.3) is 0 Å². The molecule has 1 aliphatic heterocycles. The van der Waals surface area contributed by atoms with Gasteiger partial charge in [-0.25, -0.2) is 8.42 Å². The zero-order valence-electron chi connectivity index (χ0n) is 14.8. The van der Waals surface area contributed by atoms with Gasteiger partial charge in [-0.15, -0.1) is 0 Å². The monoisotopic (exact) mass is 425 g/mol. The van der Waals surface area contributed by atoms with E-state index in [4.69, 9.17) is 28.6 Å². The third kappa shape index (κ3) is 4.52. The zero-order valence-corrected chi connectivity index (χ0v) is 17.1. The van der Waals surface area contributed by atoms with Crippen molar-refractivity contribution in [1.82, 2.24) is 9.21 Å². The molecule has 0 atom stereocenters. The fourth-order valence-electron chi connectivity index (χ4n) is 2.85. The van der Waals surface area contributed by atoms with Crippen molar-refractivity contribution in [3.63, 3.8) is 0 Å². The highest BCUT2D eigenvalue weighted by Crippen LogP contribution is 2.28. The molecule has 0 bridgehead atoms. The second-order valence-electron chi connectivity index (χ2n) is 5.98. The SMILES string of the molecule is COc1ccc(Cl)cc1NC(=S)N1CCN(S(=O)(=O)c2ccccc2)CC1. The molecule has 1 fully saturated rings. The quantitative estimate of drug-likeness (QED) is 0.759.